The van der Waals surface area contributed by atoms with E-state index in [1.54, 1.807) is 12.3 Å². The van der Waals surface area contributed by atoms with Crippen LogP contribution in [0.25, 0.3) is 0 Å². The van der Waals surface area contributed by atoms with Crippen LogP contribution in [0.3, 0.4) is 0 Å². The first-order valence-electron chi connectivity index (χ1n) is 7.00. The van der Waals surface area contributed by atoms with Crippen molar-refractivity contribution in [2.45, 2.75) is 31.1 Å². The van der Waals surface area contributed by atoms with Crippen LogP contribution < -0.4 is 0 Å². The maximum atomic E-state index is 12.5. The fourth-order valence-electron chi connectivity index (χ4n) is 2.92. The minimum atomic E-state index is -0.108. The first-order chi connectivity index (χ1) is 10.1. The fraction of sp³-hybridized carbons (Fsp3) is 0.294. The number of Topliss-reactive ketones (excluding diaryl/α,β-unsaturated/α-hetero) is 1. The Morgan fingerprint density at radius 2 is 1.95 bits per heavy atom. The van der Waals surface area contributed by atoms with Gasteiger partial charge in [0.05, 0.1) is 10.0 Å². The summed E-state index contributed by atoms with van der Waals surface area (Å²) in [5, 5.41) is 1.09. The molecule has 0 spiro atoms. The number of nitrogens with zero attached hydrogens (tertiary/aromatic N) is 1. The van der Waals surface area contributed by atoms with Crippen molar-refractivity contribution in [1.82, 2.24) is 4.98 Å². The Kier molecular flexibility index (Phi) is 4.01. The monoisotopic (exact) mass is 319 g/mol. The van der Waals surface area contributed by atoms with Gasteiger partial charge in [0, 0.05) is 18.0 Å². The van der Waals surface area contributed by atoms with Gasteiger partial charge in [-0.3, -0.25) is 9.78 Å². The number of hydrogen-bond acceptors (Lipinski definition) is 2. The molecule has 0 N–H and O–H groups in total. The van der Waals surface area contributed by atoms with Crippen LogP contribution in [-0.2, 0) is 5.41 Å². The lowest BCUT2D eigenvalue weighted by molar-refractivity contribution is 0.0900. The molecule has 3 rings (SSSR count). The maximum Gasteiger partial charge on any atom is 0.182 e. The number of ketones is 1. The smallest absolute Gasteiger partial charge is 0.182 e. The van der Waals surface area contributed by atoms with Gasteiger partial charge in [0.2, 0.25) is 0 Å². The van der Waals surface area contributed by atoms with Crippen LogP contribution in [-0.4, -0.2) is 10.8 Å². The molecule has 108 valence electrons. The van der Waals surface area contributed by atoms with Gasteiger partial charge in [0.25, 0.3) is 0 Å². The molecule has 1 fully saturated rings. The van der Waals surface area contributed by atoms with E-state index in [2.05, 4.69) is 4.98 Å². The van der Waals surface area contributed by atoms with E-state index in [0.717, 1.165) is 24.8 Å². The molecule has 2 nitrogen and oxygen atoms in total. The lowest BCUT2D eigenvalue weighted by Gasteiger charge is -2.42. The molecule has 2 aromatic rings. The number of hydrogen-bond donors (Lipinski definition) is 0. The topological polar surface area (TPSA) is 30.0 Å². The molecule has 1 saturated carbocycles. The first kappa shape index (κ1) is 14.6. The molecular weight excluding hydrogens is 305 g/mol. The molecule has 1 aromatic carbocycles. The Hall–Kier alpha value is -1.38. The zero-order valence-electron chi connectivity index (χ0n) is 11.5. The summed E-state index contributed by atoms with van der Waals surface area (Å²) in [4.78, 5) is 16.6. The van der Waals surface area contributed by atoms with E-state index in [9.17, 15) is 4.79 Å². The van der Waals surface area contributed by atoms with Crippen LogP contribution in [0.5, 0.6) is 0 Å². The summed E-state index contributed by atoms with van der Waals surface area (Å²) in [5.74, 6) is 0.0846. The van der Waals surface area contributed by atoms with E-state index >= 15 is 0 Å². The summed E-state index contributed by atoms with van der Waals surface area (Å²) in [7, 11) is 0. The van der Waals surface area contributed by atoms with Gasteiger partial charge < -0.3 is 0 Å². The summed E-state index contributed by atoms with van der Waals surface area (Å²) in [6, 6.07) is 11.1. The van der Waals surface area contributed by atoms with Crippen molar-refractivity contribution in [3.05, 3.63) is 63.9 Å². The Morgan fingerprint density at radius 3 is 2.52 bits per heavy atom. The minimum absolute atomic E-state index is 0.0846. The van der Waals surface area contributed by atoms with Gasteiger partial charge in [-0.05, 0) is 42.7 Å². The SMILES string of the molecule is O=C(CC1(c2ccc(Cl)c(Cl)c2)CCC1)c1ccccn1. The highest BCUT2D eigenvalue weighted by Crippen LogP contribution is 2.48. The third-order valence-electron chi connectivity index (χ3n) is 4.29. The van der Waals surface area contributed by atoms with E-state index in [0.29, 0.717) is 22.2 Å². The number of halogens is 2. The number of rotatable bonds is 4. The summed E-state index contributed by atoms with van der Waals surface area (Å²) >= 11 is 12.1. The number of carbonyl (C=O) groups is 1. The molecule has 0 radical (unpaired) electrons. The van der Waals surface area contributed by atoms with E-state index in [4.69, 9.17) is 23.2 Å². The third-order valence-corrected chi connectivity index (χ3v) is 5.03. The molecule has 0 amide bonds. The molecule has 0 unspecified atom stereocenters. The largest absolute Gasteiger partial charge is 0.292 e. The first-order valence-corrected chi connectivity index (χ1v) is 7.76. The number of carbonyl (C=O) groups excluding carboxylic acids is 1. The van der Waals surface area contributed by atoms with Crippen LogP contribution in [0, 0.1) is 0 Å². The molecule has 21 heavy (non-hydrogen) atoms. The summed E-state index contributed by atoms with van der Waals surface area (Å²) in [6.45, 7) is 0. The van der Waals surface area contributed by atoms with Crippen LogP contribution >= 0.6 is 23.2 Å². The molecule has 1 heterocycles. The second-order valence-electron chi connectivity index (χ2n) is 5.58. The van der Waals surface area contributed by atoms with Crippen molar-refractivity contribution < 1.29 is 4.79 Å². The molecule has 0 atom stereocenters. The van der Waals surface area contributed by atoms with Crippen LogP contribution in [0.4, 0.5) is 0 Å². The Morgan fingerprint density at radius 1 is 1.14 bits per heavy atom. The minimum Gasteiger partial charge on any atom is -0.292 e. The van der Waals surface area contributed by atoms with E-state index in [1.807, 2.05) is 30.3 Å². The lowest BCUT2D eigenvalue weighted by Crippen LogP contribution is -2.36. The van der Waals surface area contributed by atoms with Gasteiger partial charge in [-0.25, -0.2) is 0 Å². The van der Waals surface area contributed by atoms with E-state index in [-0.39, 0.29) is 11.2 Å². The Labute approximate surface area is 134 Å². The van der Waals surface area contributed by atoms with E-state index < -0.39 is 0 Å². The molecule has 1 aromatic heterocycles. The maximum absolute atomic E-state index is 12.5. The Balaban J connectivity index is 1.87. The standard InChI is InChI=1S/C17H15Cl2NO/c18-13-6-5-12(10-14(13)19)17(7-3-8-17)11-16(21)15-4-1-2-9-20-15/h1-2,4-6,9-10H,3,7-8,11H2. The van der Waals surface area contributed by atoms with Gasteiger partial charge in [0.15, 0.2) is 5.78 Å². The second-order valence-corrected chi connectivity index (χ2v) is 6.39. The molecule has 0 bridgehead atoms. The Bertz CT molecular complexity index is 666. The quantitative estimate of drug-likeness (QED) is 0.735. The second kappa shape index (κ2) is 5.78. The number of pyridine rings is 1. The molecule has 1 aliphatic carbocycles. The summed E-state index contributed by atoms with van der Waals surface area (Å²) < 4.78 is 0. The molecular formula is C17H15Cl2NO. The zero-order valence-corrected chi connectivity index (χ0v) is 13.0. The van der Waals surface area contributed by atoms with Gasteiger partial charge in [-0.1, -0.05) is 41.8 Å². The average molecular weight is 320 g/mol. The van der Waals surface area contributed by atoms with Crippen molar-refractivity contribution in [2.24, 2.45) is 0 Å². The zero-order chi connectivity index (χ0) is 14.9. The fourth-order valence-corrected chi connectivity index (χ4v) is 3.22. The van der Waals surface area contributed by atoms with Gasteiger partial charge in [0.1, 0.15) is 5.69 Å². The van der Waals surface area contributed by atoms with Crippen LogP contribution in [0.15, 0.2) is 42.6 Å². The van der Waals surface area contributed by atoms with Crippen LogP contribution in [0.2, 0.25) is 10.0 Å². The predicted molar refractivity (Wildman–Crippen MR) is 85.2 cm³/mol. The highest BCUT2D eigenvalue weighted by molar-refractivity contribution is 6.42. The number of aromatic nitrogens is 1. The van der Waals surface area contributed by atoms with Crippen molar-refractivity contribution in [2.75, 3.05) is 0 Å². The van der Waals surface area contributed by atoms with Gasteiger partial charge >= 0.3 is 0 Å². The predicted octanol–water partition coefficient (Wildman–Crippen LogP) is 5.08. The van der Waals surface area contributed by atoms with Crippen molar-refractivity contribution in [3.63, 3.8) is 0 Å². The van der Waals surface area contributed by atoms with Gasteiger partial charge in [-0.2, -0.15) is 0 Å². The lowest BCUT2D eigenvalue weighted by atomic mass is 9.62. The summed E-state index contributed by atoms with van der Waals surface area (Å²) in [5.41, 5.74) is 1.53. The highest BCUT2D eigenvalue weighted by Gasteiger charge is 2.40. The molecule has 0 aliphatic heterocycles. The average Bonchev–Trinajstić information content (AvgIpc) is 2.46. The van der Waals surface area contributed by atoms with Crippen LogP contribution in [0.1, 0.15) is 41.7 Å². The van der Waals surface area contributed by atoms with Crippen molar-refractivity contribution in [3.8, 4) is 0 Å². The van der Waals surface area contributed by atoms with Crippen molar-refractivity contribution in [1.29, 1.82) is 0 Å². The van der Waals surface area contributed by atoms with Gasteiger partial charge in [-0.15, -0.1) is 0 Å². The molecule has 1 aliphatic rings. The normalized spacial score (nSPS) is 16.3. The number of benzene rings is 1. The third kappa shape index (κ3) is 2.83. The molecule has 4 heteroatoms. The van der Waals surface area contributed by atoms with E-state index in [1.165, 1.54) is 0 Å². The highest BCUT2D eigenvalue weighted by atomic mass is 35.5. The molecule has 0 saturated heterocycles. The summed E-state index contributed by atoms with van der Waals surface area (Å²) in [6.07, 6.45) is 5.27. The van der Waals surface area contributed by atoms with Crippen molar-refractivity contribution >= 4 is 29.0 Å².